The van der Waals surface area contributed by atoms with Crippen LogP contribution in [0.25, 0.3) is 0 Å². The Hall–Kier alpha value is -1.55. The minimum Gasteiger partial charge on any atom is -0.465 e. The highest BCUT2D eigenvalue weighted by atomic mass is 16.5. The van der Waals surface area contributed by atoms with Gasteiger partial charge in [-0.15, -0.1) is 0 Å². The van der Waals surface area contributed by atoms with Gasteiger partial charge in [-0.2, -0.15) is 0 Å². The van der Waals surface area contributed by atoms with E-state index in [9.17, 15) is 4.79 Å². The summed E-state index contributed by atoms with van der Waals surface area (Å²) in [5.74, 6) is -0.353. The van der Waals surface area contributed by atoms with E-state index in [4.69, 9.17) is 10.5 Å². The van der Waals surface area contributed by atoms with Crippen LogP contribution in [0, 0.1) is 0 Å². The number of ether oxygens (including phenoxy) is 1. The smallest absolute Gasteiger partial charge is 0.340 e. The molecule has 4 heteroatoms. The van der Waals surface area contributed by atoms with Crippen LogP contribution in [-0.4, -0.2) is 31.1 Å². The largest absolute Gasteiger partial charge is 0.465 e. The van der Waals surface area contributed by atoms with E-state index in [0.29, 0.717) is 11.3 Å². The van der Waals surface area contributed by atoms with Crippen LogP contribution in [0.3, 0.4) is 0 Å². The van der Waals surface area contributed by atoms with E-state index >= 15 is 0 Å². The lowest BCUT2D eigenvalue weighted by Crippen LogP contribution is -2.27. The van der Waals surface area contributed by atoms with E-state index in [0.717, 1.165) is 25.2 Å². The molecule has 0 aliphatic heterocycles. The highest BCUT2D eigenvalue weighted by Crippen LogP contribution is 2.20. The number of carbonyl (C=O) groups is 1. The van der Waals surface area contributed by atoms with E-state index in [-0.39, 0.29) is 5.97 Å². The predicted octanol–water partition coefficient (Wildman–Crippen LogP) is 3.46. The number of nitrogens with two attached hydrogens (primary N) is 1. The van der Waals surface area contributed by atoms with Gasteiger partial charge in [0.05, 0.1) is 12.7 Å². The molecular weight excluding hydrogens is 264 g/mol. The van der Waals surface area contributed by atoms with Gasteiger partial charge in [0.2, 0.25) is 0 Å². The Kier molecular flexibility index (Phi) is 7.83. The number of nitrogens with zero attached hydrogens (tertiary/aromatic N) is 1. The van der Waals surface area contributed by atoms with Crippen molar-refractivity contribution < 1.29 is 9.53 Å². The van der Waals surface area contributed by atoms with Crippen LogP contribution in [0.15, 0.2) is 18.2 Å². The number of hydrogen-bond donors (Lipinski definition) is 1. The second kappa shape index (κ2) is 9.40. The van der Waals surface area contributed by atoms with E-state index in [1.165, 1.54) is 32.8 Å². The molecule has 0 atom stereocenters. The predicted molar refractivity (Wildman–Crippen MR) is 87.3 cm³/mol. The van der Waals surface area contributed by atoms with E-state index in [2.05, 4.69) is 18.7 Å². The van der Waals surface area contributed by atoms with Gasteiger partial charge < -0.3 is 10.5 Å². The molecule has 0 aromatic heterocycles. The number of benzene rings is 1. The Bertz CT molecular complexity index is 438. The lowest BCUT2D eigenvalue weighted by molar-refractivity contribution is 0.0599. The van der Waals surface area contributed by atoms with E-state index in [1.807, 2.05) is 12.1 Å². The SMILES string of the molecule is CCCCN(CCCC)Cc1cccc(N)c1C(=O)OC. The third-order valence-corrected chi connectivity index (χ3v) is 3.62. The molecule has 1 aromatic carbocycles. The van der Waals surface area contributed by atoms with Crippen molar-refractivity contribution in [1.82, 2.24) is 4.90 Å². The lowest BCUT2D eigenvalue weighted by Gasteiger charge is -2.23. The summed E-state index contributed by atoms with van der Waals surface area (Å²) >= 11 is 0. The van der Waals surface area contributed by atoms with Crippen molar-refractivity contribution in [2.45, 2.75) is 46.1 Å². The van der Waals surface area contributed by atoms with Gasteiger partial charge in [0, 0.05) is 12.2 Å². The molecule has 0 aliphatic carbocycles. The Labute approximate surface area is 128 Å². The van der Waals surface area contributed by atoms with Crippen molar-refractivity contribution in [3.63, 3.8) is 0 Å². The molecule has 21 heavy (non-hydrogen) atoms. The highest BCUT2D eigenvalue weighted by molar-refractivity contribution is 5.96. The molecule has 0 bridgehead atoms. The van der Waals surface area contributed by atoms with Gasteiger partial charge in [-0.3, -0.25) is 4.90 Å². The first-order valence-corrected chi connectivity index (χ1v) is 7.82. The summed E-state index contributed by atoms with van der Waals surface area (Å²) in [6.45, 7) is 7.23. The Balaban J connectivity index is 2.91. The van der Waals surface area contributed by atoms with Crippen LogP contribution in [0.4, 0.5) is 5.69 Å². The number of nitrogen functional groups attached to an aromatic ring is 1. The summed E-state index contributed by atoms with van der Waals surface area (Å²) in [6, 6.07) is 5.61. The minimum atomic E-state index is -0.353. The second-order valence-corrected chi connectivity index (χ2v) is 5.36. The molecule has 4 nitrogen and oxygen atoms in total. The number of hydrogen-bond acceptors (Lipinski definition) is 4. The number of anilines is 1. The minimum absolute atomic E-state index is 0.353. The van der Waals surface area contributed by atoms with Crippen LogP contribution in [0.2, 0.25) is 0 Å². The van der Waals surface area contributed by atoms with Crippen molar-refractivity contribution in [3.05, 3.63) is 29.3 Å². The molecule has 0 heterocycles. The van der Waals surface area contributed by atoms with Crippen LogP contribution in [0.5, 0.6) is 0 Å². The third-order valence-electron chi connectivity index (χ3n) is 3.62. The van der Waals surface area contributed by atoms with Crippen LogP contribution in [0.1, 0.15) is 55.5 Å². The summed E-state index contributed by atoms with van der Waals surface area (Å²) in [6.07, 6.45) is 4.67. The Morgan fingerprint density at radius 3 is 2.33 bits per heavy atom. The number of carbonyl (C=O) groups excluding carboxylic acids is 1. The second-order valence-electron chi connectivity index (χ2n) is 5.36. The van der Waals surface area contributed by atoms with Gasteiger partial charge in [-0.1, -0.05) is 38.8 Å². The number of methoxy groups -OCH3 is 1. The zero-order valence-corrected chi connectivity index (χ0v) is 13.5. The Morgan fingerprint density at radius 1 is 1.19 bits per heavy atom. The number of rotatable bonds is 9. The van der Waals surface area contributed by atoms with Crippen molar-refractivity contribution in [2.75, 3.05) is 25.9 Å². The lowest BCUT2D eigenvalue weighted by atomic mass is 10.0. The summed E-state index contributed by atoms with van der Waals surface area (Å²) < 4.78 is 4.86. The average molecular weight is 292 g/mol. The summed E-state index contributed by atoms with van der Waals surface area (Å²) in [7, 11) is 1.39. The molecule has 2 N–H and O–H groups in total. The molecule has 0 amide bonds. The van der Waals surface area contributed by atoms with Crippen LogP contribution in [-0.2, 0) is 11.3 Å². The molecule has 1 aromatic rings. The van der Waals surface area contributed by atoms with Gasteiger partial charge in [0.15, 0.2) is 0 Å². The maximum atomic E-state index is 11.9. The average Bonchev–Trinajstić information content (AvgIpc) is 2.49. The quantitative estimate of drug-likeness (QED) is 0.559. The fourth-order valence-electron chi connectivity index (χ4n) is 2.38. The Morgan fingerprint density at radius 2 is 1.81 bits per heavy atom. The van der Waals surface area contributed by atoms with E-state index in [1.54, 1.807) is 6.07 Å². The number of esters is 1. The molecule has 118 valence electrons. The normalized spacial score (nSPS) is 10.9. The van der Waals surface area contributed by atoms with E-state index < -0.39 is 0 Å². The fourth-order valence-corrected chi connectivity index (χ4v) is 2.38. The standard InChI is InChI=1S/C17H28N2O2/c1-4-6-11-19(12-7-5-2)13-14-9-8-10-15(18)16(14)17(20)21-3/h8-10H,4-7,11-13,18H2,1-3H3. The third kappa shape index (κ3) is 5.38. The summed E-state index contributed by atoms with van der Waals surface area (Å²) in [5, 5.41) is 0. The topological polar surface area (TPSA) is 55.6 Å². The first kappa shape index (κ1) is 17.5. The number of unbranched alkanes of at least 4 members (excludes halogenated alkanes) is 2. The van der Waals surface area contributed by atoms with Gasteiger partial charge >= 0.3 is 5.97 Å². The maximum absolute atomic E-state index is 11.9. The van der Waals surface area contributed by atoms with Crippen molar-refractivity contribution in [3.8, 4) is 0 Å². The van der Waals surface area contributed by atoms with Gasteiger partial charge in [-0.25, -0.2) is 4.79 Å². The summed E-state index contributed by atoms with van der Waals surface area (Å²) in [4.78, 5) is 14.3. The molecule has 0 spiro atoms. The molecule has 0 aliphatic rings. The van der Waals surface area contributed by atoms with Gasteiger partial charge in [0.1, 0.15) is 0 Å². The van der Waals surface area contributed by atoms with Gasteiger partial charge in [0.25, 0.3) is 0 Å². The highest BCUT2D eigenvalue weighted by Gasteiger charge is 2.17. The van der Waals surface area contributed by atoms with Crippen molar-refractivity contribution in [1.29, 1.82) is 0 Å². The summed E-state index contributed by atoms with van der Waals surface area (Å²) in [5.41, 5.74) is 7.91. The first-order chi connectivity index (χ1) is 10.1. The fraction of sp³-hybridized carbons (Fsp3) is 0.588. The van der Waals surface area contributed by atoms with Crippen molar-refractivity contribution >= 4 is 11.7 Å². The molecule has 0 saturated carbocycles. The zero-order valence-electron chi connectivity index (χ0n) is 13.5. The molecule has 1 rings (SSSR count). The molecule has 0 saturated heterocycles. The maximum Gasteiger partial charge on any atom is 0.340 e. The monoisotopic (exact) mass is 292 g/mol. The van der Waals surface area contributed by atoms with Crippen molar-refractivity contribution in [2.24, 2.45) is 0 Å². The molecule has 0 unspecified atom stereocenters. The molecule has 0 radical (unpaired) electrons. The molecular formula is C17H28N2O2. The van der Waals surface area contributed by atoms with Gasteiger partial charge in [-0.05, 0) is 37.6 Å². The zero-order chi connectivity index (χ0) is 15.7. The van der Waals surface area contributed by atoms with Crippen LogP contribution >= 0.6 is 0 Å². The molecule has 0 fully saturated rings. The first-order valence-electron chi connectivity index (χ1n) is 7.82. The van der Waals surface area contributed by atoms with Crippen LogP contribution < -0.4 is 5.73 Å².